The van der Waals surface area contributed by atoms with Gasteiger partial charge in [-0.3, -0.25) is 4.79 Å². The van der Waals surface area contributed by atoms with Gasteiger partial charge in [-0.15, -0.1) is 0 Å². The monoisotopic (exact) mass is 143 g/mol. The topological polar surface area (TPSA) is 75.1 Å². The Hall–Kier alpha value is -1.22. The third-order valence-electron chi connectivity index (χ3n) is 0.799. The van der Waals surface area contributed by atoms with Gasteiger partial charge in [-0.2, -0.15) is 0 Å². The second kappa shape index (κ2) is 4.64. The minimum atomic E-state index is -0.354. The van der Waals surface area contributed by atoms with Crippen molar-refractivity contribution < 1.29 is 9.53 Å². The number of carbonyl (C=O) groups excluding carboxylic acids is 1. The Morgan fingerprint density at radius 2 is 2.40 bits per heavy atom. The van der Waals surface area contributed by atoms with E-state index in [1.807, 2.05) is 0 Å². The second-order valence-electron chi connectivity index (χ2n) is 1.98. The number of rotatable bonds is 3. The molecule has 0 aromatic carbocycles. The molecule has 0 aromatic heterocycles. The lowest BCUT2D eigenvalue weighted by molar-refractivity contribution is -0.147. The number of azide groups is 1. The third-order valence-corrected chi connectivity index (χ3v) is 0.799. The summed E-state index contributed by atoms with van der Waals surface area (Å²) in [4.78, 5) is 13.0. The van der Waals surface area contributed by atoms with Crippen LogP contribution in [-0.2, 0) is 9.53 Å². The molecule has 0 rings (SSSR count). The molecule has 0 atom stereocenters. The number of hydrogen-bond acceptors (Lipinski definition) is 3. The average molecular weight is 143 g/mol. The van der Waals surface area contributed by atoms with Crippen LogP contribution in [0.15, 0.2) is 5.11 Å². The van der Waals surface area contributed by atoms with E-state index in [1.54, 1.807) is 13.8 Å². The van der Waals surface area contributed by atoms with Crippen LogP contribution in [0.1, 0.15) is 13.8 Å². The number of esters is 1. The highest BCUT2D eigenvalue weighted by molar-refractivity contribution is 5.71. The highest BCUT2D eigenvalue weighted by Crippen LogP contribution is 1.94. The summed E-state index contributed by atoms with van der Waals surface area (Å²) in [6.45, 7) is 3.20. The fraction of sp³-hybridized carbons (Fsp3) is 0.800. The molecule has 56 valence electrons. The number of carbonyl (C=O) groups is 1. The summed E-state index contributed by atoms with van der Waals surface area (Å²) in [5, 5.41) is 3.03. The zero-order chi connectivity index (χ0) is 7.98. The molecule has 0 aliphatic rings. The van der Waals surface area contributed by atoms with E-state index >= 15 is 0 Å². The minimum absolute atomic E-state index is 0.172. The van der Waals surface area contributed by atoms with E-state index in [9.17, 15) is 4.79 Å². The van der Waals surface area contributed by atoms with Crippen molar-refractivity contribution in [2.24, 2.45) is 11.0 Å². The van der Waals surface area contributed by atoms with Crippen molar-refractivity contribution in [1.29, 1.82) is 0 Å². The zero-order valence-corrected chi connectivity index (χ0v) is 5.94. The molecular weight excluding hydrogens is 134 g/mol. The van der Waals surface area contributed by atoms with Gasteiger partial charge >= 0.3 is 5.97 Å². The molecule has 0 spiro atoms. The quantitative estimate of drug-likeness (QED) is 0.259. The largest absolute Gasteiger partial charge is 0.459 e. The van der Waals surface area contributed by atoms with E-state index in [1.165, 1.54) is 0 Å². The molecule has 0 fully saturated rings. The fourth-order valence-corrected chi connectivity index (χ4v) is 0.285. The highest BCUT2D eigenvalue weighted by atomic mass is 16.5. The molecule has 5 nitrogen and oxygen atoms in total. The first-order valence-corrected chi connectivity index (χ1v) is 2.86. The molecule has 0 saturated heterocycles. The van der Waals surface area contributed by atoms with Crippen LogP contribution in [0.3, 0.4) is 0 Å². The Kier molecular flexibility index (Phi) is 4.07. The molecule has 0 aromatic rings. The van der Waals surface area contributed by atoms with E-state index in [-0.39, 0.29) is 18.6 Å². The van der Waals surface area contributed by atoms with Crippen molar-refractivity contribution in [2.45, 2.75) is 13.8 Å². The van der Waals surface area contributed by atoms with Crippen molar-refractivity contribution >= 4 is 5.97 Å². The summed E-state index contributed by atoms with van der Waals surface area (Å²) >= 11 is 0. The Labute approximate surface area is 58.6 Å². The third kappa shape index (κ3) is 3.74. The maximum Gasteiger partial charge on any atom is 0.308 e. The average Bonchev–Trinajstić information content (AvgIpc) is 1.88. The fourth-order valence-electron chi connectivity index (χ4n) is 0.285. The predicted molar refractivity (Wildman–Crippen MR) is 34.9 cm³/mol. The number of nitrogens with zero attached hydrogens (tertiary/aromatic N) is 3. The van der Waals surface area contributed by atoms with Crippen LogP contribution in [-0.4, -0.2) is 12.7 Å². The van der Waals surface area contributed by atoms with Gasteiger partial charge in [0.05, 0.1) is 5.92 Å². The lowest BCUT2D eigenvalue weighted by Gasteiger charge is -2.01. The Bertz CT molecular complexity index is 160. The Morgan fingerprint density at radius 3 is 2.80 bits per heavy atom. The van der Waals surface area contributed by atoms with E-state index in [2.05, 4.69) is 14.8 Å². The van der Waals surface area contributed by atoms with Gasteiger partial charge < -0.3 is 4.74 Å². The van der Waals surface area contributed by atoms with E-state index in [0.29, 0.717) is 0 Å². The first kappa shape index (κ1) is 8.78. The molecule has 0 saturated carbocycles. The molecule has 0 amide bonds. The summed E-state index contributed by atoms with van der Waals surface area (Å²) in [6, 6.07) is 0. The summed E-state index contributed by atoms with van der Waals surface area (Å²) in [6.07, 6.45) is 0. The van der Waals surface area contributed by atoms with Crippen LogP contribution in [0.4, 0.5) is 0 Å². The highest BCUT2D eigenvalue weighted by Gasteiger charge is 2.05. The maximum absolute atomic E-state index is 10.6. The molecule has 0 aliphatic carbocycles. The van der Waals surface area contributed by atoms with Crippen LogP contribution in [0.25, 0.3) is 10.4 Å². The SMILES string of the molecule is CC(C)C(=O)OCN=[N+]=[N-]. The molecule has 0 aliphatic heterocycles. The van der Waals surface area contributed by atoms with Crippen LogP contribution in [0.5, 0.6) is 0 Å². The molecular formula is C5H9N3O2. The standard InChI is InChI=1S/C5H9N3O2/c1-4(2)5(9)10-3-7-8-6/h4H,3H2,1-2H3. The lowest BCUT2D eigenvalue weighted by Crippen LogP contribution is -2.11. The first-order chi connectivity index (χ1) is 4.68. The lowest BCUT2D eigenvalue weighted by atomic mass is 10.2. The van der Waals surface area contributed by atoms with Gasteiger partial charge in [-0.1, -0.05) is 19.0 Å². The van der Waals surface area contributed by atoms with Crippen LogP contribution >= 0.6 is 0 Å². The minimum Gasteiger partial charge on any atom is -0.459 e. The molecule has 5 heteroatoms. The summed E-state index contributed by atoms with van der Waals surface area (Å²) < 4.78 is 4.48. The Balaban J connectivity index is 3.49. The van der Waals surface area contributed by atoms with E-state index in [4.69, 9.17) is 5.53 Å². The predicted octanol–water partition coefficient (Wildman–Crippen LogP) is 1.45. The number of hydrogen-bond donors (Lipinski definition) is 0. The molecule has 0 unspecified atom stereocenters. The van der Waals surface area contributed by atoms with Gasteiger partial charge in [0.15, 0.2) is 6.73 Å². The maximum atomic E-state index is 10.6. The second-order valence-corrected chi connectivity index (χ2v) is 1.98. The van der Waals surface area contributed by atoms with Crippen molar-refractivity contribution in [3.63, 3.8) is 0 Å². The molecule has 0 N–H and O–H groups in total. The van der Waals surface area contributed by atoms with Gasteiger partial charge in [0.2, 0.25) is 0 Å². The van der Waals surface area contributed by atoms with Gasteiger partial charge in [-0.25, -0.2) is 0 Å². The summed E-state index contributed by atoms with van der Waals surface area (Å²) in [5.74, 6) is -0.527. The molecule has 0 radical (unpaired) electrons. The molecule has 0 bridgehead atoms. The summed E-state index contributed by atoms with van der Waals surface area (Å²) in [5.41, 5.74) is 7.78. The van der Waals surface area contributed by atoms with Gasteiger partial charge in [0.1, 0.15) is 0 Å². The van der Waals surface area contributed by atoms with Crippen LogP contribution < -0.4 is 0 Å². The first-order valence-electron chi connectivity index (χ1n) is 2.86. The van der Waals surface area contributed by atoms with Gasteiger partial charge in [-0.05, 0) is 5.53 Å². The molecule has 10 heavy (non-hydrogen) atoms. The van der Waals surface area contributed by atoms with Gasteiger partial charge in [0, 0.05) is 4.91 Å². The molecule has 0 heterocycles. The van der Waals surface area contributed by atoms with Crippen LogP contribution in [0.2, 0.25) is 0 Å². The van der Waals surface area contributed by atoms with E-state index < -0.39 is 0 Å². The summed E-state index contributed by atoms with van der Waals surface area (Å²) in [7, 11) is 0. The van der Waals surface area contributed by atoms with Crippen molar-refractivity contribution in [2.75, 3.05) is 6.73 Å². The normalized spacial score (nSPS) is 8.70. The van der Waals surface area contributed by atoms with Crippen molar-refractivity contribution in [3.8, 4) is 0 Å². The Morgan fingerprint density at radius 1 is 1.80 bits per heavy atom. The zero-order valence-electron chi connectivity index (χ0n) is 5.94. The smallest absolute Gasteiger partial charge is 0.308 e. The number of ether oxygens (including phenoxy) is 1. The van der Waals surface area contributed by atoms with Crippen molar-refractivity contribution in [1.82, 2.24) is 0 Å². The van der Waals surface area contributed by atoms with Gasteiger partial charge in [0.25, 0.3) is 0 Å². The van der Waals surface area contributed by atoms with Crippen LogP contribution in [0, 0.1) is 5.92 Å². The van der Waals surface area contributed by atoms with E-state index in [0.717, 1.165) is 0 Å². The van der Waals surface area contributed by atoms with Crippen molar-refractivity contribution in [3.05, 3.63) is 10.4 Å².